The molecule has 0 bridgehead atoms. The zero-order valence-corrected chi connectivity index (χ0v) is 9.88. The van der Waals surface area contributed by atoms with Crippen LogP contribution in [0.1, 0.15) is 25.8 Å². The van der Waals surface area contributed by atoms with Gasteiger partial charge in [0.15, 0.2) is 0 Å². The molecule has 3 nitrogen and oxygen atoms in total. The highest BCUT2D eigenvalue weighted by Gasteiger charge is 2.14. The molecule has 0 aliphatic carbocycles. The molecule has 0 amide bonds. The van der Waals surface area contributed by atoms with Crippen LogP contribution < -0.4 is 0 Å². The topological polar surface area (TPSA) is 43.4 Å². The Morgan fingerprint density at radius 2 is 2.00 bits per heavy atom. The molecule has 0 N–H and O–H groups in total. The summed E-state index contributed by atoms with van der Waals surface area (Å²) in [5, 5.41) is 0. The van der Waals surface area contributed by atoms with E-state index in [1.54, 1.807) is 18.2 Å². The largest absolute Gasteiger partial charge is 0.296 e. The summed E-state index contributed by atoms with van der Waals surface area (Å²) in [6, 6.07) is 6.86. The van der Waals surface area contributed by atoms with Gasteiger partial charge in [0, 0.05) is 0 Å². The van der Waals surface area contributed by atoms with Crippen molar-refractivity contribution in [3.63, 3.8) is 0 Å². The normalized spacial score (nSPS) is 11.6. The molecule has 84 valence electrons. The monoisotopic (exact) mass is 228 g/mol. The molecule has 0 fully saturated rings. The molecule has 1 rings (SSSR count). The van der Waals surface area contributed by atoms with E-state index in [9.17, 15) is 8.42 Å². The molecule has 0 atom stereocenters. The molecule has 0 spiro atoms. The van der Waals surface area contributed by atoms with Gasteiger partial charge < -0.3 is 0 Å². The first kappa shape index (κ1) is 12.2. The van der Waals surface area contributed by atoms with E-state index in [0.717, 1.165) is 12.0 Å². The van der Waals surface area contributed by atoms with Gasteiger partial charge >= 0.3 is 0 Å². The van der Waals surface area contributed by atoms with Gasteiger partial charge in [-0.25, -0.2) is 0 Å². The van der Waals surface area contributed by atoms with Crippen LogP contribution in [0.4, 0.5) is 0 Å². The van der Waals surface area contributed by atoms with Gasteiger partial charge in [-0.1, -0.05) is 26.0 Å². The fraction of sp³-hybridized carbons (Fsp3) is 0.455. The Balaban J connectivity index is 2.94. The van der Waals surface area contributed by atoms with E-state index >= 15 is 0 Å². The number of hydrogen-bond donors (Lipinski definition) is 0. The Bertz CT molecular complexity index is 410. The van der Waals surface area contributed by atoms with Gasteiger partial charge in [0.05, 0.1) is 11.5 Å². The van der Waals surface area contributed by atoms with Crippen LogP contribution in [0.5, 0.6) is 0 Å². The van der Waals surface area contributed by atoms with Gasteiger partial charge in [0.25, 0.3) is 10.1 Å². The first-order chi connectivity index (χ1) is 7.10. The maximum atomic E-state index is 11.6. The molecule has 1 aromatic carbocycles. The average molecular weight is 228 g/mol. The Morgan fingerprint density at radius 3 is 2.60 bits per heavy atom. The molecular formula is C11H16O3S. The second-order valence-corrected chi connectivity index (χ2v) is 4.89. The van der Waals surface area contributed by atoms with Crippen molar-refractivity contribution in [3.05, 3.63) is 29.8 Å². The van der Waals surface area contributed by atoms with Crippen molar-refractivity contribution < 1.29 is 12.6 Å². The van der Waals surface area contributed by atoms with Crippen molar-refractivity contribution in [2.45, 2.75) is 31.6 Å². The van der Waals surface area contributed by atoms with E-state index in [2.05, 4.69) is 0 Å². The molecule has 0 heterocycles. The minimum Gasteiger partial charge on any atom is -0.266 e. The van der Waals surface area contributed by atoms with Crippen LogP contribution in [0.15, 0.2) is 29.2 Å². The fourth-order valence-corrected chi connectivity index (χ4v) is 2.25. The lowest BCUT2D eigenvalue weighted by Crippen LogP contribution is -2.07. The van der Waals surface area contributed by atoms with Crippen LogP contribution in [0.2, 0.25) is 0 Å². The quantitative estimate of drug-likeness (QED) is 0.727. The predicted molar refractivity (Wildman–Crippen MR) is 59.2 cm³/mol. The minimum atomic E-state index is -3.56. The highest BCUT2D eigenvalue weighted by atomic mass is 32.2. The van der Waals surface area contributed by atoms with E-state index in [1.807, 2.05) is 19.9 Å². The number of aryl methyl sites for hydroxylation is 1. The standard InChI is InChI=1S/C11H16O3S/c1-3-8-14-15(12,13)11-7-5-6-10(4-2)9-11/h5-7,9H,3-4,8H2,1-2H3. The molecule has 0 saturated heterocycles. The van der Waals surface area contributed by atoms with Gasteiger partial charge in [-0.2, -0.15) is 8.42 Å². The second kappa shape index (κ2) is 5.28. The molecule has 0 unspecified atom stereocenters. The van der Waals surface area contributed by atoms with E-state index in [-0.39, 0.29) is 11.5 Å². The third-order valence-corrected chi connectivity index (χ3v) is 3.35. The second-order valence-electron chi connectivity index (χ2n) is 3.28. The third kappa shape index (κ3) is 3.32. The van der Waals surface area contributed by atoms with Crippen LogP contribution in [-0.4, -0.2) is 15.0 Å². The summed E-state index contributed by atoms with van der Waals surface area (Å²) < 4.78 is 28.1. The van der Waals surface area contributed by atoms with Gasteiger partial charge in [-0.15, -0.1) is 0 Å². The lowest BCUT2D eigenvalue weighted by Gasteiger charge is -2.05. The zero-order chi connectivity index (χ0) is 11.3. The highest BCUT2D eigenvalue weighted by Crippen LogP contribution is 2.14. The summed E-state index contributed by atoms with van der Waals surface area (Å²) in [5.74, 6) is 0. The first-order valence-electron chi connectivity index (χ1n) is 5.08. The van der Waals surface area contributed by atoms with Crippen molar-refractivity contribution >= 4 is 10.1 Å². The molecular weight excluding hydrogens is 212 g/mol. The number of benzene rings is 1. The van der Waals surface area contributed by atoms with Crippen molar-refractivity contribution in [3.8, 4) is 0 Å². The Labute approximate surface area is 91.2 Å². The summed E-state index contributed by atoms with van der Waals surface area (Å²) in [7, 11) is -3.56. The van der Waals surface area contributed by atoms with E-state index in [4.69, 9.17) is 4.18 Å². The van der Waals surface area contributed by atoms with Gasteiger partial charge in [-0.3, -0.25) is 4.18 Å². The fourth-order valence-electron chi connectivity index (χ4n) is 1.18. The lowest BCUT2D eigenvalue weighted by atomic mass is 10.2. The molecule has 0 aromatic heterocycles. The molecule has 1 aromatic rings. The first-order valence-corrected chi connectivity index (χ1v) is 6.49. The van der Waals surface area contributed by atoms with Crippen LogP contribution in [0, 0.1) is 0 Å². The molecule has 0 saturated carbocycles. The third-order valence-electron chi connectivity index (χ3n) is 2.04. The smallest absolute Gasteiger partial charge is 0.266 e. The minimum absolute atomic E-state index is 0.235. The molecule has 4 heteroatoms. The van der Waals surface area contributed by atoms with Crippen molar-refractivity contribution in [2.75, 3.05) is 6.61 Å². The summed E-state index contributed by atoms with van der Waals surface area (Å²) in [5.41, 5.74) is 0.996. The van der Waals surface area contributed by atoms with Gasteiger partial charge in [0.1, 0.15) is 0 Å². The molecule has 0 radical (unpaired) electrons. The summed E-state index contributed by atoms with van der Waals surface area (Å²) >= 11 is 0. The maximum Gasteiger partial charge on any atom is 0.296 e. The van der Waals surface area contributed by atoms with Gasteiger partial charge in [-0.05, 0) is 30.5 Å². The summed E-state index contributed by atoms with van der Waals surface area (Å²) in [4.78, 5) is 0.246. The Hall–Kier alpha value is -0.870. The Kier molecular flexibility index (Phi) is 4.29. The number of rotatable bonds is 5. The van der Waals surface area contributed by atoms with E-state index in [1.165, 1.54) is 0 Å². The van der Waals surface area contributed by atoms with Crippen LogP contribution >= 0.6 is 0 Å². The molecule has 0 aliphatic rings. The lowest BCUT2D eigenvalue weighted by molar-refractivity contribution is 0.318. The summed E-state index contributed by atoms with van der Waals surface area (Å²) in [6.07, 6.45) is 1.50. The molecule has 15 heavy (non-hydrogen) atoms. The maximum absolute atomic E-state index is 11.6. The van der Waals surface area contributed by atoms with Crippen LogP contribution in [-0.2, 0) is 20.7 Å². The Morgan fingerprint density at radius 1 is 1.27 bits per heavy atom. The summed E-state index contributed by atoms with van der Waals surface area (Å²) in [6.45, 7) is 4.09. The van der Waals surface area contributed by atoms with Gasteiger partial charge in [0.2, 0.25) is 0 Å². The molecule has 0 aliphatic heterocycles. The van der Waals surface area contributed by atoms with Crippen molar-refractivity contribution in [1.29, 1.82) is 0 Å². The van der Waals surface area contributed by atoms with Crippen LogP contribution in [0.25, 0.3) is 0 Å². The van der Waals surface area contributed by atoms with Crippen molar-refractivity contribution in [1.82, 2.24) is 0 Å². The average Bonchev–Trinajstić information content (AvgIpc) is 2.26. The predicted octanol–water partition coefficient (Wildman–Crippen LogP) is 2.36. The van der Waals surface area contributed by atoms with Crippen molar-refractivity contribution in [2.24, 2.45) is 0 Å². The zero-order valence-electron chi connectivity index (χ0n) is 9.06. The number of hydrogen-bond acceptors (Lipinski definition) is 3. The van der Waals surface area contributed by atoms with E-state index < -0.39 is 10.1 Å². The SMILES string of the molecule is CCCOS(=O)(=O)c1cccc(CC)c1. The van der Waals surface area contributed by atoms with Crippen LogP contribution in [0.3, 0.4) is 0 Å². The van der Waals surface area contributed by atoms with E-state index in [0.29, 0.717) is 6.42 Å². The highest BCUT2D eigenvalue weighted by molar-refractivity contribution is 7.86.